The van der Waals surface area contributed by atoms with Gasteiger partial charge in [-0.15, -0.1) is 0 Å². The fraction of sp³-hybridized carbons (Fsp3) is 0.400. The van der Waals surface area contributed by atoms with Gasteiger partial charge in [0.25, 0.3) is 0 Å². The van der Waals surface area contributed by atoms with E-state index in [2.05, 4.69) is 26.0 Å². The van der Waals surface area contributed by atoms with E-state index in [9.17, 15) is 8.42 Å². The molecule has 0 aliphatic carbocycles. The Morgan fingerprint density at radius 1 is 1.44 bits per heavy atom. The van der Waals surface area contributed by atoms with Gasteiger partial charge < -0.3 is 4.74 Å². The molecule has 2 atom stereocenters. The van der Waals surface area contributed by atoms with E-state index in [0.29, 0.717) is 6.61 Å². The topological polar surface area (TPSA) is 67.4 Å². The Morgan fingerprint density at radius 2 is 2.17 bits per heavy atom. The quantitative estimate of drug-likeness (QED) is 0.798. The molecule has 2 N–H and O–H groups in total. The van der Waals surface area contributed by atoms with Crippen molar-refractivity contribution in [2.24, 2.45) is 0 Å². The van der Waals surface area contributed by atoms with Gasteiger partial charge >= 0.3 is 0 Å². The van der Waals surface area contributed by atoms with Gasteiger partial charge in [0.05, 0.1) is 11.5 Å². The molecule has 0 aromatic heterocycles. The summed E-state index contributed by atoms with van der Waals surface area (Å²) in [4.78, 5) is 0.237. The summed E-state index contributed by atoms with van der Waals surface area (Å²) in [7, 11) is -3.55. The molecule has 2 saturated heterocycles. The monoisotopic (exact) mass is 350 g/mol. The van der Waals surface area contributed by atoms with Crippen LogP contribution in [-0.4, -0.2) is 32.0 Å². The van der Waals surface area contributed by atoms with E-state index in [1.54, 1.807) is 24.3 Å². The van der Waals surface area contributed by atoms with Crippen LogP contribution in [0.15, 0.2) is 33.6 Å². The first-order chi connectivity index (χ1) is 8.52. The van der Waals surface area contributed by atoms with Crippen LogP contribution in [0.3, 0.4) is 0 Å². The zero-order chi connectivity index (χ0) is 12.8. The fourth-order valence-corrected chi connectivity index (χ4v) is 4.66. The van der Waals surface area contributed by atoms with E-state index in [0.717, 1.165) is 11.0 Å². The predicted octanol–water partition coefficient (Wildman–Crippen LogP) is 1.07. The van der Waals surface area contributed by atoms with Gasteiger partial charge in [0.2, 0.25) is 15.1 Å². The molecule has 1 aromatic rings. The number of rotatable bonds is 3. The van der Waals surface area contributed by atoms with E-state index >= 15 is 0 Å². The fourth-order valence-electron chi connectivity index (χ4n) is 1.79. The summed E-state index contributed by atoms with van der Waals surface area (Å²) in [5, 5.41) is 2.38. The minimum absolute atomic E-state index is 0.0106. The van der Waals surface area contributed by atoms with Crippen LogP contribution in [0, 0.1) is 0 Å². The number of benzene rings is 1. The molecule has 2 fully saturated rings. The molecule has 0 radical (unpaired) electrons. The van der Waals surface area contributed by atoms with E-state index < -0.39 is 15.1 Å². The number of morpholine rings is 1. The second-order valence-corrected chi connectivity index (χ2v) is 7.94. The number of fused-ring (bicyclic) bond motifs is 1. The molecule has 1 aromatic carbocycles. The highest BCUT2D eigenvalue weighted by molar-refractivity contribution is 9.10. The predicted molar refractivity (Wildman–Crippen MR) is 72.5 cm³/mol. The highest BCUT2D eigenvalue weighted by Gasteiger charge is 2.61. The van der Waals surface area contributed by atoms with E-state index in [-0.39, 0.29) is 10.3 Å². The molecule has 18 heavy (non-hydrogen) atoms. The third-order valence-corrected chi connectivity index (χ3v) is 6.14. The second kappa shape index (κ2) is 4.46. The molecule has 0 unspecified atom stereocenters. The van der Waals surface area contributed by atoms with Crippen molar-refractivity contribution in [2.45, 2.75) is 15.3 Å². The van der Waals surface area contributed by atoms with Crippen LogP contribution in [0.25, 0.3) is 0 Å². The molecule has 0 saturated carbocycles. The zero-order valence-corrected chi connectivity index (χ0v) is 12.4. The summed E-state index contributed by atoms with van der Waals surface area (Å²) in [6.45, 7) is 1.26. The number of nitrogens with one attached hydrogen (secondary N) is 2. The Balaban J connectivity index is 1.81. The van der Waals surface area contributed by atoms with Gasteiger partial charge in [-0.25, -0.2) is 8.42 Å². The van der Waals surface area contributed by atoms with Crippen LogP contribution >= 0.6 is 27.7 Å². The molecule has 3 rings (SSSR count). The first kappa shape index (κ1) is 12.9. The van der Waals surface area contributed by atoms with Gasteiger partial charge in [-0.2, -0.15) is 4.72 Å². The Bertz CT molecular complexity index is 563. The maximum Gasteiger partial charge on any atom is 0.243 e. The number of hydrogen-bond donors (Lipinski definition) is 2. The molecule has 2 aliphatic heterocycles. The van der Waals surface area contributed by atoms with E-state index in [1.807, 2.05) is 0 Å². The highest BCUT2D eigenvalue weighted by Crippen LogP contribution is 2.52. The van der Waals surface area contributed by atoms with Gasteiger partial charge in [0.1, 0.15) is 5.37 Å². The van der Waals surface area contributed by atoms with Gasteiger partial charge in [-0.3, -0.25) is 5.32 Å². The van der Waals surface area contributed by atoms with Crippen molar-refractivity contribution < 1.29 is 13.2 Å². The molecule has 98 valence electrons. The molecule has 5 nitrogen and oxygen atoms in total. The number of hydrogen-bond acceptors (Lipinski definition) is 5. The van der Waals surface area contributed by atoms with E-state index in [1.165, 1.54) is 11.8 Å². The Labute approximate surface area is 118 Å². The van der Waals surface area contributed by atoms with Crippen molar-refractivity contribution >= 4 is 37.7 Å². The smallest absolute Gasteiger partial charge is 0.243 e. The van der Waals surface area contributed by atoms with Gasteiger partial charge in [-0.1, -0.05) is 27.7 Å². The van der Waals surface area contributed by atoms with Crippen LogP contribution in [0.2, 0.25) is 0 Å². The van der Waals surface area contributed by atoms with Crippen molar-refractivity contribution in [1.82, 2.24) is 10.0 Å². The van der Waals surface area contributed by atoms with Crippen molar-refractivity contribution in [3.05, 3.63) is 28.7 Å². The summed E-state index contributed by atoms with van der Waals surface area (Å²) >= 11 is 4.71. The lowest BCUT2D eigenvalue weighted by molar-refractivity contribution is 0.0151. The highest BCUT2D eigenvalue weighted by atomic mass is 79.9. The minimum atomic E-state index is -3.55. The minimum Gasteiger partial charge on any atom is -0.347 e. The van der Waals surface area contributed by atoms with Crippen LogP contribution in [0.1, 0.15) is 0 Å². The van der Waals surface area contributed by atoms with E-state index in [4.69, 9.17) is 4.74 Å². The molecule has 0 bridgehead atoms. The Kier molecular flexibility index (Phi) is 3.20. The first-order valence-corrected chi connectivity index (χ1v) is 8.52. The molecule has 8 heteroatoms. The van der Waals surface area contributed by atoms with Crippen molar-refractivity contribution in [2.75, 3.05) is 13.2 Å². The molecule has 0 spiro atoms. The molecular formula is C10H11BrN2O3S2. The zero-order valence-electron chi connectivity index (χ0n) is 9.22. The number of ether oxygens (including phenoxy) is 1. The maximum atomic E-state index is 12.2. The van der Waals surface area contributed by atoms with Crippen molar-refractivity contribution in [1.29, 1.82) is 0 Å². The summed E-state index contributed by atoms with van der Waals surface area (Å²) in [6, 6.07) is 6.51. The number of thioether (sulfide) groups is 1. The molecule has 2 heterocycles. The second-order valence-electron chi connectivity index (χ2n) is 4.03. The van der Waals surface area contributed by atoms with Gasteiger partial charge in [0, 0.05) is 11.0 Å². The largest absolute Gasteiger partial charge is 0.347 e. The lowest BCUT2D eigenvalue weighted by Gasteiger charge is -2.22. The van der Waals surface area contributed by atoms with Crippen molar-refractivity contribution in [3.8, 4) is 0 Å². The molecule has 0 amide bonds. The summed E-state index contributed by atoms with van der Waals surface area (Å²) < 4.78 is 33.4. The van der Waals surface area contributed by atoms with Gasteiger partial charge in [-0.05, 0) is 24.3 Å². The average molecular weight is 351 g/mol. The maximum absolute atomic E-state index is 12.2. The molecule has 2 aliphatic rings. The lowest BCUT2D eigenvalue weighted by Crippen LogP contribution is -2.49. The standard InChI is InChI=1S/C10H11BrN2O3S2/c11-7-1-3-8(4-2-7)18(14,15)13-10-9(17-10)12-5-6-16-10/h1-4,9,12-13H,5-6H2/t9-,10-/m0/s1. The number of sulfonamides is 1. The third kappa shape index (κ3) is 2.33. The van der Waals surface area contributed by atoms with Crippen LogP contribution in [-0.2, 0) is 14.8 Å². The SMILES string of the molecule is O=S(=O)(N[C@]12OCCN[C@H]1S2)c1ccc(Br)cc1. The molecular weight excluding hydrogens is 340 g/mol. The average Bonchev–Trinajstić information content (AvgIpc) is 3.02. The van der Waals surface area contributed by atoms with Gasteiger partial charge in [0.15, 0.2) is 0 Å². The Morgan fingerprint density at radius 3 is 2.83 bits per heavy atom. The number of halogens is 1. The Hall–Kier alpha value is -0.120. The summed E-state index contributed by atoms with van der Waals surface area (Å²) in [5.41, 5.74) is 0. The normalized spacial score (nSPS) is 30.8. The van der Waals surface area contributed by atoms with Crippen LogP contribution < -0.4 is 10.0 Å². The van der Waals surface area contributed by atoms with Crippen LogP contribution in [0.5, 0.6) is 0 Å². The van der Waals surface area contributed by atoms with Crippen LogP contribution in [0.4, 0.5) is 0 Å². The lowest BCUT2D eigenvalue weighted by atomic mass is 10.4. The summed E-state index contributed by atoms with van der Waals surface area (Å²) in [5.74, 6) is 0. The first-order valence-electron chi connectivity index (χ1n) is 5.37. The third-order valence-electron chi connectivity index (χ3n) is 2.73. The van der Waals surface area contributed by atoms with Crippen molar-refractivity contribution in [3.63, 3.8) is 0 Å². The summed E-state index contributed by atoms with van der Waals surface area (Å²) in [6.07, 6.45) is 0.